The molecular weight excluding hydrogens is 210 g/mol. The number of methoxy groups -OCH3 is 1. The molecule has 0 bridgehead atoms. The quantitative estimate of drug-likeness (QED) is 0.563. The minimum Gasteiger partial charge on any atom is -0.394 e. The molecule has 1 atom stereocenters. The van der Waals surface area contributed by atoms with Crippen molar-refractivity contribution < 1.29 is 9.84 Å². The molecule has 0 saturated heterocycles. The van der Waals surface area contributed by atoms with Crippen molar-refractivity contribution in [2.24, 2.45) is 0 Å². The van der Waals surface area contributed by atoms with Crippen LogP contribution in [-0.2, 0) is 4.74 Å². The summed E-state index contributed by atoms with van der Waals surface area (Å²) >= 11 is 1.88. The monoisotopic (exact) mass is 235 g/mol. The fourth-order valence-corrected chi connectivity index (χ4v) is 2.28. The van der Waals surface area contributed by atoms with Crippen LogP contribution in [0.3, 0.4) is 0 Å². The van der Waals surface area contributed by atoms with Crippen LogP contribution in [0.2, 0.25) is 0 Å². The van der Waals surface area contributed by atoms with Gasteiger partial charge in [-0.1, -0.05) is 6.92 Å². The van der Waals surface area contributed by atoms with Gasteiger partial charge in [-0.25, -0.2) is 0 Å². The Morgan fingerprint density at radius 1 is 1.40 bits per heavy atom. The summed E-state index contributed by atoms with van der Waals surface area (Å²) in [7, 11) is 1.72. The van der Waals surface area contributed by atoms with Gasteiger partial charge in [-0.15, -0.1) is 0 Å². The van der Waals surface area contributed by atoms with Crippen LogP contribution in [-0.4, -0.2) is 49.0 Å². The van der Waals surface area contributed by atoms with Crippen molar-refractivity contribution >= 4 is 11.8 Å². The van der Waals surface area contributed by atoms with Gasteiger partial charge in [-0.2, -0.15) is 11.8 Å². The molecule has 0 aliphatic heterocycles. The maximum absolute atomic E-state index is 9.32. The molecule has 1 unspecified atom stereocenters. The van der Waals surface area contributed by atoms with Crippen molar-refractivity contribution in [2.45, 2.75) is 32.2 Å². The Kier molecular flexibility index (Phi) is 9.60. The van der Waals surface area contributed by atoms with Crippen LogP contribution in [0.4, 0.5) is 0 Å². The highest BCUT2D eigenvalue weighted by Crippen LogP contribution is 2.13. The third kappa shape index (κ3) is 8.08. The van der Waals surface area contributed by atoms with E-state index in [-0.39, 0.29) is 12.1 Å². The zero-order valence-corrected chi connectivity index (χ0v) is 11.0. The SMILES string of the molecule is CCCNC(C)(CO)CCSCCOC. The van der Waals surface area contributed by atoms with Crippen LogP contribution in [0.15, 0.2) is 0 Å². The van der Waals surface area contributed by atoms with Gasteiger partial charge in [0.1, 0.15) is 0 Å². The highest BCUT2D eigenvalue weighted by molar-refractivity contribution is 7.99. The lowest BCUT2D eigenvalue weighted by atomic mass is 10.0. The van der Waals surface area contributed by atoms with Gasteiger partial charge in [0.2, 0.25) is 0 Å². The molecule has 0 fully saturated rings. The highest BCUT2D eigenvalue weighted by atomic mass is 32.2. The molecule has 0 aromatic carbocycles. The predicted octanol–water partition coefficient (Wildman–Crippen LogP) is 1.51. The lowest BCUT2D eigenvalue weighted by Crippen LogP contribution is -2.46. The van der Waals surface area contributed by atoms with E-state index in [9.17, 15) is 5.11 Å². The fourth-order valence-electron chi connectivity index (χ4n) is 1.19. The zero-order valence-electron chi connectivity index (χ0n) is 10.2. The van der Waals surface area contributed by atoms with Gasteiger partial charge in [-0.05, 0) is 32.1 Å². The zero-order chi connectivity index (χ0) is 11.6. The van der Waals surface area contributed by atoms with Gasteiger partial charge in [0.25, 0.3) is 0 Å². The summed E-state index contributed by atoms with van der Waals surface area (Å²) in [4.78, 5) is 0. The second-order valence-electron chi connectivity index (χ2n) is 4.00. The van der Waals surface area contributed by atoms with E-state index in [1.807, 2.05) is 11.8 Å². The van der Waals surface area contributed by atoms with E-state index in [0.29, 0.717) is 0 Å². The smallest absolute Gasteiger partial charge is 0.0610 e. The molecule has 0 spiro atoms. The molecule has 2 N–H and O–H groups in total. The number of aliphatic hydroxyl groups excluding tert-OH is 1. The third-order valence-electron chi connectivity index (χ3n) is 2.38. The largest absolute Gasteiger partial charge is 0.394 e. The molecule has 15 heavy (non-hydrogen) atoms. The Balaban J connectivity index is 3.58. The Hall–Kier alpha value is 0.230. The fraction of sp³-hybridized carbons (Fsp3) is 1.00. The maximum Gasteiger partial charge on any atom is 0.0610 e. The van der Waals surface area contributed by atoms with Crippen LogP contribution in [0.5, 0.6) is 0 Å². The van der Waals surface area contributed by atoms with Crippen molar-refractivity contribution in [3.63, 3.8) is 0 Å². The van der Waals surface area contributed by atoms with E-state index >= 15 is 0 Å². The normalized spacial score (nSPS) is 15.2. The summed E-state index contributed by atoms with van der Waals surface area (Å²) in [5.41, 5.74) is -0.115. The lowest BCUT2D eigenvalue weighted by molar-refractivity contribution is 0.171. The first-order valence-corrected chi connectivity index (χ1v) is 6.76. The molecule has 0 rings (SSSR count). The molecule has 0 aromatic rings. The average Bonchev–Trinajstić information content (AvgIpc) is 2.26. The second-order valence-corrected chi connectivity index (χ2v) is 5.23. The number of thioether (sulfide) groups is 1. The van der Waals surface area contributed by atoms with E-state index in [4.69, 9.17) is 4.74 Å². The van der Waals surface area contributed by atoms with Crippen LogP contribution in [0.1, 0.15) is 26.7 Å². The first-order chi connectivity index (χ1) is 7.18. The van der Waals surface area contributed by atoms with Crippen LogP contribution in [0, 0.1) is 0 Å². The molecule has 0 aliphatic rings. The summed E-state index contributed by atoms with van der Waals surface area (Å²) < 4.78 is 4.98. The molecule has 0 heterocycles. The van der Waals surface area contributed by atoms with Crippen molar-refractivity contribution in [3.05, 3.63) is 0 Å². The van der Waals surface area contributed by atoms with Gasteiger partial charge in [0, 0.05) is 18.4 Å². The molecule has 0 radical (unpaired) electrons. The van der Waals surface area contributed by atoms with Gasteiger partial charge >= 0.3 is 0 Å². The number of hydrogen-bond acceptors (Lipinski definition) is 4. The predicted molar refractivity (Wildman–Crippen MR) is 67.6 cm³/mol. The molecule has 92 valence electrons. The van der Waals surface area contributed by atoms with E-state index in [0.717, 1.165) is 37.5 Å². The number of rotatable bonds is 10. The van der Waals surface area contributed by atoms with Gasteiger partial charge < -0.3 is 15.2 Å². The minimum absolute atomic E-state index is 0.115. The molecular formula is C11H25NO2S. The summed E-state index contributed by atoms with van der Waals surface area (Å²) in [5.74, 6) is 2.10. The van der Waals surface area contributed by atoms with Crippen molar-refractivity contribution in [3.8, 4) is 0 Å². The van der Waals surface area contributed by atoms with E-state index < -0.39 is 0 Å². The van der Waals surface area contributed by atoms with Gasteiger partial charge in [-0.3, -0.25) is 0 Å². The van der Waals surface area contributed by atoms with Gasteiger partial charge in [0.15, 0.2) is 0 Å². The van der Waals surface area contributed by atoms with E-state index in [2.05, 4.69) is 19.2 Å². The van der Waals surface area contributed by atoms with Crippen molar-refractivity contribution in [1.29, 1.82) is 0 Å². The van der Waals surface area contributed by atoms with E-state index in [1.54, 1.807) is 7.11 Å². The number of nitrogens with one attached hydrogen (secondary N) is 1. The van der Waals surface area contributed by atoms with E-state index in [1.165, 1.54) is 0 Å². The maximum atomic E-state index is 9.32. The lowest BCUT2D eigenvalue weighted by Gasteiger charge is -2.28. The molecule has 0 amide bonds. The van der Waals surface area contributed by atoms with Crippen molar-refractivity contribution in [1.82, 2.24) is 5.32 Å². The van der Waals surface area contributed by atoms with Crippen molar-refractivity contribution in [2.75, 3.05) is 38.4 Å². The molecule has 0 aromatic heterocycles. The third-order valence-corrected chi connectivity index (χ3v) is 3.33. The first kappa shape index (κ1) is 15.2. The van der Waals surface area contributed by atoms with Gasteiger partial charge in [0.05, 0.1) is 13.2 Å². The number of ether oxygens (including phenoxy) is 1. The Bertz CT molecular complexity index is 147. The summed E-state index contributed by atoms with van der Waals surface area (Å²) in [5, 5.41) is 12.7. The second kappa shape index (κ2) is 9.46. The van der Waals surface area contributed by atoms with Crippen LogP contribution >= 0.6 is 11.8 Å². The first-order valence-electron chi connectivity index (χ1n) is 5.61. The Labute approximate surface area is 98.0 Å². The number of hydrogen-bond donors (Lipinski definition) is 2. The molecule has 3 nitrogen and oxygen atoms in total. The molecule has 0 aliphatic carbocycles. The topological polar surface area (TPSA) is 41.5 Å². The van der Waals surface area contributed by atoms with Crippen LogP contribution in [0.25, 0.3) is 0 Å². The molecule has 0 saturated carbocycles. The Morgan fingerprint density at radius 2 is 2.13 bits per heavy atom. The van der Waals surface area contributed by atoms with Crippen LogP contribution < -0.4 is 5.32 Å². The standard InChI is InChI=1S/C11H25NO2S/c1-4-6-12-11(2,10-13)5-8-15-9-7-14-3/h12-13H,4-10H2,1-3H3. The molecule has 4 heteroatoms. The summed E-state index contributed by atoms with van der Waals surface area (Å²) in [6, 6.07) is 0. The Morgan fingerprint density at radius 3 is 2.67 bits per heavy atom. The average molecular weight is 235 g/mol. The highest BCUT2D eigenvalue weighted by Gasteiger charge is 2.21. The number of aliphatic hydroxyl groups is 1. The minimum atomic E-state index is -0.115. The summed E-state index contributed by atoms with van der Waals surface area (Å²) in [6.45, 7) is 6.21. The summed E-state index contributed by atoms with van der Waals surface area (Å²) in [6.07, 6.45) is 2.10.